The molecule has 1 aromatic carbocycles. The highest BCUT2D eigenvalue weighted by Crippen LogP contribution is 2.12. The zero-order valence-corrected chi connectivity index (χ0v) is 11.1. The van der Waals surface area contributed by atoms with E-state index in [0.29, 0.717) is 6.54 Å². The number of hydrogen-bond donors (Lipinski definition) is 1. The molecule has 0 atom stereocenters. The second-order valence-corrected chi connectivity index (χ2v) is 4.28. The number of aromatic nitrogens is 2. The van der Waals surface area contributed by atoms with Crippen molar-refractivity contribution in [2.45, 2.75) is 13.0 Å². The largest absolute Gasteiger partial charge is 0.469 e. The number of hydrogen-bond acceptors (Lipinski definition) is 4. The first-order valence-corrected chi connectivity index (χ1v) is 6.07. The predicted molar refractivity (Wildman–Crippen MR) is 72.0 cm³/mol. The molecule has 0 saturated carbocycles. The van der Waals surface area contributed by atoms with Crippen LogP contribution in [0.15, 0.2) is 36.5 Å². The van der Waals surface area contributed by atoms with Gasteiger partial charge in [0.1, 0.15) is 5.69 Å². The van der Waals surface area contributed by atoms with Crippen LogP contribution < -0.4 is 5.73 Å². The summed E-state index contributed by atoms with van der Waals surface area (Å²) in [5.74, 6) is -0.859. The van der Waals surface area contributed by atoms with Crippen LogP contribution in [0.1, 0.15) is 21.6 Å². The molecule has 0 saturated heterocycles. The Morgan fingerprint density at radius 1 is 1.25 bits per heavy atom. The van der Waals surface area contributed by atoms with E-state index in [9.17, 15) is 9.59 Å². The summed E-state index contributed by atoms with van der Waals surface area (Å²) in [6.07, 6.45) is 1.88. The van der Waals surface area contributed by atoms with Crippen molar-refractivity contribution in [2.75, 3.05) is 7.11 Å². The van der Waals surface area contributed by atoms with Gasteiger partial charge in [0.25, 0.3) is 5.91 Å². The minimum Gasteiger partial charge on any atom is -0.469 e. The van der Waals surface area contributed by atoms with E-state index >= 15 is 0 Å². The number of nitrogens with two attached hydrogens (primary N) is 1. The predicted octanol–water partition coefficient (Wildman–Crippen LogP) is 0.746. The Labute approximate surface area is 116 Å². The lowest BCUT2D eigenvalue weighted by Crippen LogP contribution is -2.13. The van der Waals surface area contributed by atoms with E-state index in [0.717, 1.165) is 11.1 Å². The standard InChI is InChI=1S/C14H15N3O3/c1-20-13(18)8-10-4-2-3-5-11(10)9-17-7-6-12(16-17)14(15)19/h2-7H,8-9H2,1H3,(H2,15,19). The van der Waals surface area contributed by atoms with E-state index in [4.69, 9.17) is 5.73 Å². The van der Waals surface area contributed by atoms with Gasteiger partial charge < -0.3 is 10.5 Å². The molecule has 1 heterocycles. The Hall–Kier alpha value is -2.63. The van der Waals surface area contributed by atoms with Gasteiger partial charge >= 0.3 is 5.97 Å². The lowest BCUT2D eigenvalue weighted by atomic mass is 10.0. The maximum Gasteiger partial charge on any atom is 0.309 e. The molecule has 6 nitrogen and oxygen atoms in total. The molecule has 0 aliphatic rings. The molecule has 0 spiro atoms. The summed E-state index contributed by atoms with van der Waals surface area (Å²) in [7, 11) is 1.36. The normalized spacial score (nSPS) is 10.2. The van der Waals surface area contributed by atoms with Gasteiger partial charge in [-0.1, -0.05) is 24.3 Å². The molecule has 2 N–H and O–H groups in total. The van der Waals surface area contributed by atoms with Crippen molar-refractivity contribution < 1.29 is 14.3 Å². The number of carbonyl (C=O) groups is 2. The molecular formula is C14H15N3O3. The van der Waals surface area contributed by atoms with Gasteiger partial charge in [-0.3, -0.25) is 14.3 Å². The SMILES string of the molecule is COC(=O)Cc1ccccc1Cn1ccc(C(N)=O)n1. The molecule has 0 fully saturated rings. The third kappa shape index (κ3) is 3.23. The van der Waals surface area contributed by atoms with Gasteiger partial charge in [0.2, 0.25) is 0 Å². The third-order valence-corrected chi connectivity index (χ3v) is 2.91. The van der Waals surface area contributed by atoms with Crippen LogP contribution >= 0.6 is 0 Å². The second kappa shape index (κ2) is 6.01. The van der Waals surface area contributed by atoms with Crippen molar-refractivity contribution in [3.8, 4) is 0 Å². The van der Waals surface area contributed by atoms with E-state index in [1.54, 1.807) is 16.9 Å². The molecule has 6 heteroatoms. The first-order valence-electron chi connectivity index (χ1n) is 6.07. The average molecular weight is 273 g/mol. The van der Waals surface area contributed by atoms with Gasteiger partial charge in [0, 0.05) is 6.20 Å². The number of esters is 1. The molecule has 1 amide bonds. The van der Waals surface area contributed by atoms with Crippen LogP contribution in [-0.4, -0.2) is 28.8 Å². The van der Waals surface area contributed by atoms with Gasteiger partial charge in [0.05, 0.1) is 20.1 Å². The van der Waals surface area contributed by atoms with Crippen LogP contribution in [-0.2, 0) is 22.5 Å². The minimum absolute atomic E-state index is 0.205. The highest BCUT2D eigenvalue weighted by Gasteiger charge is 2.10. The molecule has 0 radical (unpaired) electrons. The summed E-state index contributed by atoms with van der Waals surface area (Å²) in [6.45, 7) is 0.459. The van der Waals surface area contributed by atoms with Crippen LogP contribution in [0.4, 0.5) is 0 Å². The fourth-order valence-electron chi connectivity index (χ4n) is 1.87. The Morgan fingerprint density at radius 2 is 1.95 bits per heavy atom. The second-order valence-electron chi connectivity index (χ2n) is 4.28. The van der Waals surface area contributed by atoms with Gasteiger partial charge in [-0.25, -0.2) is 0 Å². The van der Waals surface area contributed by atoms with Crippen LogP contribution in [0.5, 0.6) is 0 Å². The van der Waals surface area contributed by atoms with Gasteiger partial charge in [-0.15, -0.1) is 0 Å². The molecule has 0 aliphatic carbocycles. The van der Waals surface area contributed by atoms with Gasteiger partial charge in [-0.2, -0.15) is 5.10 Å². The van der Waals surface area contributed by atoms with E-state index in [1.165, 1.54) is 7.11 Å². The van der Waals surface area contributed by atoms with Crippen molar-refractivity contribution in [2.24, 2.45) is 5.73 Å². The zero-order chi connectivity index (χ0) is 14.5. The number of rotatable bonds is 5. The molecule has 20 heavy (non-hydrogen) atoms. The first-order chi connectivity index (χ1) is 9.60. The first kappa shape index (κ1) is 13.8. The molecular weight excluding hydrogens is 258 g/mol. The van der Waals surface area contributed by atoms with E-state index in [-0.39, 0.29) is 18.1 Å². The lowest BCUT2D eigenvalue weighted by molar-refractivity contribution is -0.139. The van der Waals surface area contributed by atoms with Crippen LogP contribution in [0, 0.1) is 0 Å². The number of methoxy groups -OCH3 is 1. The monoisotopic (exact) mass is 273 g/mol. The minimum atomic E-state index is -0.563. The molecule has 104 valence electrons. The Balaban J connectivity index is 2.19. The number of benzene rings is 1. The summed E-state index contributed by atoms with van der Waals surface area (Å²) < 4.78 is 6.28. The van der Waals surface area contributed by atoms with Crippen LogP contribution in [0.25, 0.3) is 0 Å². The maximum atomic E-state index is 11.4. The fourth-order valence-corrected chi connectivity index (χ4v) is 1.87. The highest BCUT2D eigenvalue weighted by molar-refractivity contribution is 5.90. The smallest absolute Gasteiger partial charge is 0.309 e. The van der Waals surface area contributed by atoms with E-state index < -0.39 is 5.91 Å². The third-order valence-electron chi connectivity index (χ3n) is 2.91. The summed E-state index contributed by atoms with van der Waals surface area (Å²) in [4.78, 5) is 22.4. The van der Waals surface area contributed by atoms with E-state index in [2.05, 4.69) is 9.84 Å². The summed E-state index contributed by atoms with van der Waals surface area (Å²) in [6, 6.07) is 9.08. The molecule has 0 unspecified atom stereocenters. The Bertz CT molecular complexity index is 634. The summed E-state index contributed by atoms with van der Waals surface area (Å²) >= 11 is 0. The molecule has 2 rings (SSSR count). The quantitative estimate of drug-likeness (QED) is 0.814. The van der Waals surface area contributed by atoms with Crippen molar-refractivity contribution in [1.82, 2.24) is 9.78 Å². The van der Waals surface area contributed by atoms with Crippen molar-refractivity contribution in [1.29, 1.82) is 0 Å². The lowest BCUT2D eigenvalue weighted by Gasteiger charge is -2.08. The van der Waals surface area contributed by atoms with Gasteiger partial charge in [0.15, 0.2) is 0 Å². The number of amides is 1. The van der Waals surface area contributed by atoms with Crippen molar-refractivity contribution in [3.05, 3.63) is 53.3 Å². The van der Waals surface area contributed by atoms with Crippen LogP contribution in [0.2, 0.25) is 0 Å². The summed E-state index contributed by atoms with van der Waals surface area (Å²) in [5, 5.41) is 4.07. The molecule has 2 aromatic rings. The number of ether oxygens (including phenoxy) is 1. The molecule has 0 aliphatic heterocycles. The highest BCUT2D eigenvalue weighted by atomic mass is 16.5. The molecule has 0 bridgehead atoms. The molecule has 1 aromatic heterocycles. The summed E-state index contributed by atoms with van der Waals surface area (Å²) in [5.41, 5.74) is 7.19. The maximum absolute atomic E-state index is 11.4. The fraction of sp³-hybridized carbons (Fsp3) is 0.214. The van der Waals surface area contributed by atoms with Crippen molar-refractivity contribution >= 4 is 11.9 Å². The average Bonchev–Trinajstić information content (AvgIpc) is 2.89. The number of nitrogens with zero attached hydrogens (tertiary/aromatic N) is 2. The number of primary amides is 1. The topological polar surface area (TPSA) is 87.2 Å². The Morgan fingerprint density at radius 3 is 2.55 bits per heavy atom. The van der Waals surface area contributed by atoms with Crippen molar-refractivity contribution in [3.63, 3.8) is 0 Å². The zero-order valence-electron chi connectivity index (χ0n) is 11.1. The van der Waals surface area contributed by atoms with Gasteiger partial charge in [-0.05, 0) is 17.2 Å². The Kier molecular flexibility index (Phi) is 4.14. The number of carbonyl (C=O) groups excluding carboxylic acids is 2. The van der Waals surface area contributed by atoms with E-state index in [1.807, 2.05) is 24.3 Å². The van der Waals surface area contributed by atoms with Crippen LogP contribution in [0.3, 0.4) is 0 Å².